The summed E-state index contributed by atoms with van der Waals surface area (Å²) in [5, 5.41) is 3.80. The Balaban J connectivity index is 1.34. The Bertz CT molecular complexity index is 1330. The van der Waals surface area contributed by atoms with Crippen molar-refractivity contribution in [1.29, 1.82) is 0 Å². The van der Waals surface area contributed by atoms with Crippen LogP contribution in [0.3, 0.4) is 0 Å². The fourth-order valence-corrected chi connectivity index (χ4v) is 5.65. The minimum Gasteiger partial charge on any atom is -0.453 e. The Hall–Kier alpha value is -3.75. The summed E-state index contributed by atoms with van der Waals surface area (Å²) in [6, 6.07) is 14.3. The minimum absolute atomic E-state index is 0.145. The molecule has 2 saturated heterocycles. The third-order valence-corrected chi connectivity index (χ3v) is 6.96. The lowest BCUT2D eigenvalue weighted by molar-refractivity contribution is 0.00613. The second kappa shape index (κ2) is 7.90. The number of anilines is 2. The average molecular weight is 477 g/mol. The lowest BCUT2D eigenvalue weighted by Gasteiger charge is -2.45. The Morgan fingerprint density at radius 2 is 1.74 bits per heavy atom. The first-order valence-corrected chi connectivity index (χ1v) is 12.0. The molecule has 4 heterocycles. The van der Waals surface area contributed by atoms with E-state index in [0.29, 0.717) is 17.1 Å². The van der Waals surface area contributed by atoms with Crippen LogP contribution in [0.2, 0.25) is 0 Å². The van der Waals surface area contributed by atoms with E-state index in [1.807, 2.05) is 62.1 Å². The molecule has 0 radical (unpaired) electrons. The van der Waals surface area contributed by atoms with Gasteiger partial charge in [-0.15, -0.1) is 0 Å². The maximum absolute atomic E-state index is 13.0. The molecule has 1 aromatic heterocycles. The van der Waals surface area contributed by atoms with Gasteiger partial charge in [0.05, 0.1) is 11.4 Å². The highest BCUT2D eigenvalue weighted by molar-refractivity contribution is 5.81. The molecular weight excluding hydrogens is 448 g/mol. The molecule has 2 fully saturated rings. The molecule has 0 spiro atoms. The van der Waals surface area contributed by atoms with Gasteiger partial charge in [0.1, 0.15) is 5.60 Å². The van der Waals surface area contributed by atoms with E-state index in [2.05, 4.69) is 25.6 Å². The number of ether oxygens (including phenoxy) is 2. The number of aromatic amines is 1. The van der Waals surface area contributed by atoms with E-state index in [9.17, 15) is 9.59 Å². The molecule has 9 nitrogen and oxygen atoms in total. The number of carbonyl (C=O) groups excluding carboxylic acids is 1. The van der Waals surface area contributed by atoms with Crippen LogP contribution >= 0.6 is 0 Å². The number of H-pyrrole nitrogens is 1. The summed E-state index contributed by atoms with van der Waals surface area (Å²) >= 11 is 0. The van der Waals surface area contributed by atoms with Gasteiger partial charge in [-0.25, -0.2) is 9.59 Å². The van der Waals surface area contributed by atoms with Crippen molar-refractivity contribution in [3.8, 4) is 22.9 Å². The highest BCUT2D eigenvalue weighted by atomic mass is 16.6. The van der Waals surface area contributed by atoms with Crippen LogP contribution in [0, 0.1) is 0 Å². The molecule has 3 aromatic rings. The van der Waals surface area contributed by atoms with Gasteiger partial charge < -0.3 is 19.3 Å². The zero-order chi connectivity index (χ0) is 24.3. The smallest absolute Gasteiger partial charge is 0.439 e. The molecule has 182 valence electrons. The molecule has 0 aliphatic carbocycles. The second-order valence-corrected chi connectivity index (χ2v) is 10.5. The van der Waals surface area contributed by atoms with Gasteiger partial charge in [-0.05, 0) is 76.8 Å². The standard InChI is InChI=1S/C26H28N4O5/c1-26(2,3)34-25(32)29-16-9-10-17(29)14-18(13-16)30-19-6-4-5-7-21(19)33-22-12-15(8-11-20(22)30)23-27-24(31)35-28-23/h4-8,11-12,16-18H,9-10,13-14H2,1-3H3,(H,27,28,31)/t16-,17+,18?. The Morgan fingerprint density at radius 3 is 2.43 bits per heavy atom. The van der Waals surface area contributed by atoms with Gasteiger partial charge in [-0.2, -0.15) is 0 Å². The normalized spacial score (nSPS) is 22.9. The topological polar surface area (TPSA) is 101 Å². The Kier molecular flexibility index (Phi) is 4.91. The first-order valence-electron chi connectivity index (χ1n) is 12.0. The number of nitrogens with zero attached hydrogens (tertiary/aromatic N) is 3. The number of hydrogen-bond donors (Lipinski definition) is 1. The van der Waals surface area contributed by atoms with Crippen LogP contribution < -0.4 is 15.4 Å². The molecule has 0 saturated carbocycles. The van der Waals surface area contributed by atoms with Crippen molar-refractivity contribution >= 4 is 17.5 Å². The number of nitrogens with one attached hydrogen (secondary N) is 1. The number of para-hydroxylation sites is 2. The summed E-state index contributed by atoms with van der Waals surface area (Å²) in [5.74, 6) is 1.22. The molecule has 3 aliphatic rings. The van der Waals surface area contributed by atoms with Crippen molar-refractivity contribution < 1.29 is 18.8 Å². The SMILES string of the molecule is CC(C)(C)OC(=O)N1[C@@H]2CC[C@H]1CC(N1c3ccccc3Oc3cc(-c4noc(=O)[nH]4)ccc31)C2. The summed E-state index contributed by atoms with van der Waals surface area (Å²) in [5.41, 5.74) is 2.15. The molecule has 2 bridgehead atoms. The van der Waals surface area contributed by atoms with Crippen molar-refractivity contribution in [2.75, 3.05) is 4.90 Å². The van der Waals surface area contributed by atoms with Crippen molar-refractivity contribution in [3.05, 3.63) is 53.0 Å². The molecule has 3 atom stereocenters. The van der Waals surface area contributed by atoms with E-state index in [1.54, 1.807) is 0 Å². The maximum atomic E-state index is 13.0. The first kappa shape index (κ1) is 21.8. The Morgan fingerprint density at radius 1 is 1.03 bits per heavy atom. The van der Waals surface area contributed by atoms with E-state index in [-0.39, 0.29) is 24.2 Å². The number of benzene rings is 2. The van der Waals surface area contributed by atoms with Gasteiger partial charge in [0.25, 0.3) is 0 Å². The largest absolute Gasteiger partial charge is 0.453 e. The van der Waals surface area contributed by atoms with E-state index in [4.69, 9.17) is 9.47 Å². The van der Waals surface area contributed by atoms with Crippen LogP contribution in [0.25, 0.3) is 11.4 Å². The number of fused-ring (bicyclic) bond motifs is 4. The summed E-state index contributed by atoms with van der Waals surface area (Å²) < 4.78 is 16.7. The summed E-state index contributed by atoms with van der Waals surface area (Å²) in [4.78, 5) is 31.3. The molecule has 35 heavy (non-hydrogen) atoms. The van der Waals surface area contributed by atoms with Gasteiger partial charge in [0, 0.05) is 23.7 Å². The monoisotopic (exact) mass is 476 g/mol. The van der Waals surface area contributed by atoms with E-state index in [0.717, 1.165) is 42.8 Å². The lowest BCUT2D eigenvalue weighted by atomic mass is 9.94. The molecule has 1 amide bonds. The van der Waals surface area contributed by atoms with Crippen LogP contribution in [0.1, 0.15) is 46.5 Å². The van der Waals surface area contributed by atoms with E-state index < -0.39 is 11.4 Å². The van der Waals surface area contributed by atoms with Gasteiger partial charge in [-0.1, -0.05) is 17.3 Å². The molecule has 1 N–H and O–H groups in total. The fourth-order valence-electron chi connectivity index (χ4n) is 5.65. The number of aromatic nitrogens is 2. The second-order valence-electron chi connectivity index (χ2n) is 10.5. The number of rotatable bonds is 2. The first-order chi connectivity index (χ1) is 16.8. The highest BCUT2D eigenvalue weighted by Crippen LogP contribution is 2.51. The fraction of sp³-hybridized carbons (Fsp3) is 0.423. The molecule has 6 rings (SSSR count). The maximum Gasteiger partial charge on any atom is 0.439 e. The van der Waals surface area contributed by atoms with Crippen molar-refractivity contribution in [2.24, 2.45) is 0 Å². The van der Waals surface area contributed by atoms with Gasteiger partial charge in [-0.3, -0.25) is 9.51 Å². The number of amides is 1. The summed E-state index contributed by atoms with van der Waals surface area (Å²) in [6.07, 6.45) is 3.46. The highest BCUT2D eigenvalue weighted by Gasteiger charge is 2.47. The van der Waals surface area contributed by atoms with Crippen LogP contribution in [-0.2, 0) is 4.74 Å². The van der Waals surface area contributed by atoms with Crippen molar-refractivity contribution in [1.82, 2.24) is 15.0 Å². The van der Waals surface area contributed by atoms with Crippen molar-refractivity contribution in [3.63, 3.8) is 0 Å². The third kappa shape index (κ3) is 3.84. The minimum atomic E-state index is -0.599. The molecule has 1 unspecified atom stereocenters. The number of carbonyl (C=O) groups is 1. The average Bonchev–Trinajstić information content (AvgIpc) is 3.36. The zero-order valence-electron chi connectivity index (χ0n) is 20.0. The van der Waals surface area contributed by atoms with Crippen LogP contribution in [0.4, 0.5) is 16.2 Å². The predicted octanol–water partition coefficient (Wildman–Crippen LogP) is 5.20. The zero-order valence-corrected chi connectivity index (χ0v) is 20.0. The summed E-state index contributed by atoms with van der Waals surface area (Å²) in [6.45, 7) is 5.72. The number of hydrogen-bond acceptors (Lipinski definition) is 7. The van der Waals surface area contributed by atoms with Crippen LogP contribution in [-0.4, -0.2) is 44.9 Å². The van der Waals surface area contributed by atoms with Gasteiger partial charge in [0.2, 0.25) is 0 Å². The molecule has 3 aliphatic heterocycles. The quantitative estimate of drug-likeness (QED) is 0.542. The lowest BCUT2D eigenvalue weighted by Crippen LogP contribution is -2.53. The molecule has 9 heteroatoms. The molecule has 2 aromatic carbocycles. The van der Waals surface area contributed by atoms with Crippen LogP contribution in [0.5, 0.6) is 11.5 Å². The van der Waals surface area contributed by atoms with Gasteiger partial charge >= 0.3 is 11.8 Å². The van der Waals surface area contributed by atoms with E-state index in [1.165, 1.54) is 0 Å². The third-order valence-electron chi connectivity index (χ3n) is 6.96. The predicted molar refractivity (Wildman–Crippen MR) is 129 cm³/mol. The molecular formula is C26H28N4O5. The Labute approximate surface area is 202 Å². The van der Waals surface area contributed by atoms with E-state index >= 15 is 0 Å². The van der Waals surface area contributed by atoms with Crippen LogP contribution in [0.15, 0.2) is 51.8 Å². The van der Waals surface area contributed by atoms with Gasteiger partial charge in [0.15, 0.2) is 17.3 Å². The number of piperidine rings is 1. The van der Waals surface area contributed by atoms with Crippen molar-refractivity contribution in [2.45, 2.75) is 70.2 Å². The summed E-state index contributed by atoms with van der Waals surface area (Å²) in [7, 11) is 0.